The van der Waals surface area contributed by atoms with Crippen LogP contribution in [0.2, 0.25) is 0 Å². The number of carbonyl (C=O) groups is 1. The van der Waals surface area contributed by atoms with E-state index in [0.717, 1.165) is 17.1 Å². The summed E-state index contributed by atoms with van der Waals surface area (Å²) in [4.78, 5) is 12.4. The van der Waals surface area contributed by atoms with E-state index in [1.165, 1.54) is 0 Å². The molecule has 0 amide bonds. The van der Waals surface area contributed by atoms with Crippen LogP contribution < -0.4 is 4.74 Å². The van der Waals surface area contributed by atoms with E-state index < -0.39 is 0 Å². The second kappa shape index (κ2) is 7.55. The van der Waals surface area contributed by atoms with Gasteiger partial charge in [0.2, 0.25) is 0 Å². The SMILES string of the molecule is C/C(Cl)=C\C1C(C(=O)OCc2cccc(Oc3ccccc3)c2)C1(C)C. The van der Waals surface area contributed by atoms with Crippen LogP contribution in [0.25, 0.3) is 0 Å². The van der Waals surface area contributed by atoms with E-state index in [4.69, 9.17) is 21.1 Å². The zero-order chi connectivity index (χ0) is 18.7. The maximum atomic E-state index is 12.4. The van der Waals surface area contributed by atoms with Gasteiger partial charge in [0.1, 0.15) is 18.1 Å². The fraction of sp³-hybridized carbons (Fsp3) is 0.318. The maximum absolute atomic E-state index is 12.4. The van der Waals surface area contributed by atoms with Crippen molar-refractivity contribution < 1.29 is 14.3 Å². The number of benzene rings is 2. The summed E-state index contributed by atoms with van der Waals surface area (Å²) in [5, 5.41) is 0.712. The Bertz CT molecular complexity index is 807. The van der Waals surface area contributed by atoms with Crippen molar-refractivity contribution in [3.05, 3.63) is 71.3 Å². The molecule has 0 heterocycles. The molecular formula is C22H23ClO3. The van der Waals surface area contributed by atoms with E-state index in [1.54, 1.807) is 0 Å². The molecule has 2 aromatic rings. The molecule has 1 aliphatic rings. The summed E-state index contributed by atoms with van der Waals surface area (Å²) in [6.07, 6.45) is 1.95. The highest BCUT2D eigenvalue weighted by atomic mass is 35.5. The van der Waals surface area contributed by atoms with Gasteiger partial charge >= 0.3 is 5.97 Å². The van der Waals surface area contributed by atoms with Crippen LogP contribution in [0.4, 0.5) is 0 Å². The summed E-state index contributed by atoms with van der Waals surface area (Å²) in [5.41, 5.74) is 0.789. The van der Waals surface area contributed by atoms with Gasteiger partial charge in [-0.1, -0.05) is 61.9 Å². The van der Waals surface area contributed by atoms with Crippen molar-refractivity contribution in [1.82, 2.24) is 0 Å². The lowest BCUT2D eigenvalue weighted by molar-refractivity contribution is -0.147. The predicted molar refractivity (Wildman–Crippen MR) is 103 cm³/mol. The van der Waals surface area contributed by atoms with E-state index in [9.17, 15) is 4.79 Å². The summed E-state index contributed by atoms with van der Waals surface area (Å²) in [6.45, 7) is 6.19. The van der Waals surface area contributed by atoms with E-state index in [0.29, 0.717) is 5.03 Å². The highest BCUT2D eigenvalue weighted by Crippen LogP contribution is 2.60. The number of ether oxygens (including phenoxy) is 2. The van der Waals surface area contributed by atoms with Crippen molar-refractivity contribution in [3.63, 3.8) is 0 Å². The molecule has 0 radical (unpaired) electrons. The largest absolute Gasteiger partial charge is 0.461 e. The zero-order valence-electron chi connectivity index (χ0n) is 15.2. The molecule has 0 bridgehead atoms. The summed E-state index contributed by atoms with van der Waals surface area (Å²) < 4.78 is 11.4. The molecule has 2 unspecified atom stereocenters. The zero-order valence-corrected chi connectivity index (χ0v) is 16.0. The molecule has 0 spiro atoms. The van der Waals surface area contributed by atoms with Crippen molar-refractivity contribution in [2.24, 2.45) is 17.3 Å². The van der Waals surface area contributed by atoms with E-state index in [-0.39, 0.29) is 29.8 Å². The minimum Gasteiger partial charge on any atom is -0.461 e. The topological polar surface area (TPSA) is 35.5 Å². The number of para-hydroxylation sites is 1. The average molecular weight is 371 g/mol. The minimum atomic E-state index is -0.177. The number of halogens is 1. The number of hydrogen-bond donors (Lipinski definition) is 0. The number of hydrogen-bond acceptors (Lipinski definition) is 3. The first-order chi connectivity index (χ1) is 12.4. The van der Waals surface area contributed by atoms with Crippen molar-refractivity contribution >= 4 is 17.6 Å². The van der Waals surface area contributed by atoms with Crippen LogP contribution in [-0.4, -0.2) is 5.97 Å². The third-order valence-corrected chi connectivity index (χ3v) is 4.96. The fourth-order valence-electron chi connectivity index (χ4n) is 3.25. The van der Waals surface area contributed by atoms with Gasteiger partial charge in [0.05, 0.1) is 5.92 Å². The third kappa shape index (κ3) is 4.28. The van der Waals surface area contributed by atoms with Crippen molar-refractivity contribution in [1.29, 1.82) is 0 Å². The molecule has 1 saturated carbocycles. The predicted octanol–water partition coefficient (Wildman–Crippen LogP) is 5.94. The lowest BCUT2D eigenvalue weighted by Gasteiger charge is -2.09. The number of allylic oxidation sites excluding steroid dienone is 2. The van der Waals surface area contributed by atoms with Gasteiger partial charge in [-0.3, -0.25) is 4.79 Å². The fourth-order valence-corrected chi connectivity index (χ4v) is 3.39. The molecule has 0 aliphatic heterocycles. The van der Waals surface area contributed by atoms with Gasteiger partial charge in [0.15, 0.2) is 0 Å². The molecule has 3 nitrogen and oxygen atoms in total. The van der Waals surface area contributed by atoms with E-state index in [1.807, 2.05) is 67.6 Å². The quantitative estimate of drug-likeness (QED) is 0.590. The number of esters is 1. The lowest BCUT2D eigenvalue weighted by Crippen LogP contribution is -2.10. The summed E-state index contributed by atoms with van der Waals surface area (Å²) in [6, 6.07) is 17.2. The second-order valence-electron chi connectivity index (χ2n) is 7.25. The number of carbonyl (C=O) groups excluding carboxylic acids is 1. The average Bonchev–Trinajstić information content (AvgIpc) is 3.13. The molecule has 3 rings (SSSR count). The summed E-state index contributed by atoms with van der Waals surface area (Å²) in [5.74, 6) is 1.31. The van der Waals surface area contributed by atoms with Crippen molar-refractivity contribution in [2.75, 3.05) is 0 Å². The molecule has 136 valence electrons. The second-order valence-corrected chi connectivity index (χ2v) is 7.84. The molecule has 2 atom stereocenters. The van der Waals surface area contributed by atoms with Crippen LogP contribution in [0.15, 0.2) is 65.7 Å². The molecule has 2 aromatic carbocycles. The normalized spacial score (nSPS) is 21.2. The summed E-state index contributed by atoms with van der Waals surface area (Å²) in [7, 11) is 0. The van der Waals surface area contributed by atoms with Gasteiger partial charge < -0.3 is 9.47 Å². The van der Waals surface area contributed by atoms with Crippen LogP contribution in [0, 0.1) is 17.3 Å². The standard InChI is InChI=1S/C22H23ClO3/c1-15(23)12-19-20(22(19,2)3)21(24)25-14-16-8-7-11-18(13-16)26-17-9-5-4-6-10-17/h4-13,19-20H,14H2,1-3H3/b15-12+. The van der Waals surface area contributed by atoms with E-state index >= 15 is 0 Å². The first-order valence-electron chi connectivity index (χ1n) is 8.70. The van der Waals surface area contributed by atoms with Crippen LogP contribution in [0.5, 0.6) is 11.5 Å². The summed E-state index contributed by atoms with van der Waals surface area (Å²) >= 11 is 5.96. The molecule has 1 aliphatic carbocycles. The molecular weight excluding hydrogens is 348 g/mol. The van der Waals surface area contributed by atoms with Crippen molar-refractivity contribution in [2.45, 2.75) is 27.4 Å². The molecule has 4 heteroatoms. The van der Waals surface area contributed by atoms with Crippen LogP contribution in [0.3, 0.4) is 0 Å². The number of rotatable bonds is 6. The van der Waals surface area contributed by atoms with Crippen LogP contribution in [-0.2, 0) is 16.1 Å². The van der Waals surface area contributed by atoms with E-state index in [2.05, 4.69) is 13.8 Å². The van der Waals surface area contributed by atoms with Crippen molar-refractivity contribution in [3.8, 4) is 11.5 Å². The first kappa shape index (κ1) is 18.5. The van der Waals surface area contributed by atoms with Gasteiger partial charge in [-0.15, -0.1) is 0 Å². The highest BCUT2D eigenvalue weighted by molar-refractivity contribution is 6.29. The Kier molecular flexibility index (Phi) is 5.38. The smallest absolute Gasteiger partial charge is 0.310 e. The Labute approximate surface area is 159 Å². The molecule has 1 fully saturated rings. The lowest BCUT2D eigenvalue weighted by atomic mass is 10.1. The van der Waals surface area contributed by atoms with Gasteiger partial charge in [0.25, 0.3) is 0 Å². The molecule has 26 heavy (non-hydrogen) atoms. The Morgan fingerprint density at radius 3 is 2.50 bits per heavy atom. The van der Waals surface area contributed by atoms with Crippen LogP contribution in [0.1, 0.15) is 26.3 Å². The van der Waals surface area contributed by atoms with Gasteiger partial charge in [-0.05, 0) is 48.1 Å². The Balaban J connectivity index is 1.59. The maximum Gasteiger partial charge on any atom is 0.310 e. The molecule has 0 saturated heterocycles. The third-order valence-electron chi connectivity index (χ3n) is 4.83. The molecule has 0 aromatic heterocycles. The highest BCUT2D eigenvalue weighted by Gasteiger charge is 2.61. The van der Waals surface area contributed by atoms with Gasteiger partial charge in [-0.2, -0.15) is 0 Å². The minimum absolute atomic E-state index is 0.106. The van der Waals surface area contributed by atoms with Gasteiger partial charge in [0, 0.05) is 5.03 Å². The Morgan fingerprint density at radius 1 is 1.12 bits per heavy atom. The van der Waals surface area contributed by atoms with Gasteiger partial charge in [-0.25, -0.2) is 0 Å². The first-order valence-corrected chi connectivity index (χ1v) is 9.08. The Hall–Kier alpha value is -2.26. The molecule has 0 N–H and O–H groups in total. The van der Waals surface area contributed by atoms with Crippen LogP contribution >= 0.6 is 11.6 Å². The Morgan fingerprint density at radius 2 is 1.81 bits per heavy atom. The monoisotopic (exact) mass is 370 g/mol.